The monoisotopic (exact) mass is 295 g/mol. The molecule has 112 valence electrons. The van der Waals surface area contributed by atoms with E-state index in [1.54, 1.807) is 7.11 Å². The van der Waals surface area contributed by atoms with E-state index in [0.29, 0.717) is 6.04 Å². The lowest BCUT2D eigenvalue weighted by Crippen LogP contribution is -2.41. The summed E-state index contributed by atoms with van der Waals surface area (Å²) < 4.78 is 18.2. The van der Waals surface area contributed by atoms with E-state index in [2.05, 4.69) is 12.2 Å². The summed E-state index contributed by atoms with van der Waals surface area (Å²) in [6, 6.07) is 8.05. The lowest BCUT2D eigenvalue weighted by atomic mass is 10.1. The molecule has 0 aromatic heterocycles. The average molecular weight is 295 g/mol. The zero-order valence-corrected chi connectivity index (χ0v) is 13.2. The van der Waals surface area contributed by atoms with E-state index in [4.69, 9.17) is 4.74 Å². The second kappa shape index (κ2) is 7.79. The van der Waals surface area contributed by atoms with Gasteiger partial charge in [-0.15, -0.1) is 0 Å². The largest absolute Gasteiger partial charge is 0.497 e. The van der Waals surface area contributed by atoms with Crippen molar-refractivity contribution in [3.8, 4) is 5.75 Å². The van der Waals surface area contributed by atoms with Gasteiger partial charge in [0.15, 0.2) is 0 Å². The van der Waals surface area contributed by atoms with Gasteiger partial charge in [-0.1, -0.05) is 32.3 Å². The van der Waals surface area contributed by atoms with E-state index >= 15 is 0 Å². The standard InChI is InChI=1S/C16H25NO2S/c1-3-17-15-10-5-4-6-11-16(15)20(18)14-9-7-8-13(12-14)19-2/h7-9,12,15-17H,3-6,10-11H2,1-2H3. The van der Waals surface area contributed by atoms with Gasteiger partial charge in [-0.2, -0.15) is 0 Å². The molecule has 1 aliphatic carbocycles. The minimum Gasteiger partial charge on any atom is -0.497 e. The Hall–Kier alpha value is -0.870. The number of ether oxygens (including phenoxy) is 1. The van der Waals surface area contributed by atoms with Crippen molar-refractivity contribution in [1.82, 2.24) is 5.32 Å². The first-order valence-electron chi connectivity index (χ1n) is 7.54. The Morgan fingerprint density at radius 1 is 1.30 bits per heavy atom. The molecule has 3 unspecified atom stereocenters. The Bertz CT molecular complexity index is 450. The number of nitrogens with one attached hydrogen (secondary N) is 1. The summed E-state index contributed by atoms with van der Waals surface area (Å²) in [5.41, 5.74) is 0. The highest BCUT2D eigenvalue weighted by Crippen LogP contribution is 2.27. The smallest absolute Gasteiger partial charge is 0.120 e. The second-order valence-electron chi connectivity index (χ2n) is 5.32. The molecule has 0 aliphatic heterocycles. The summed E-state index contributed by atoms with van der Waals surface area (Å²) in [7, 11) is 0.681. The van der Waals surface area contributed by atoms with Gasteiger partial charge in [0.05, 0.1) is 23.2 Å². The molecule has 0 amide bonds. The quantitative estimate of drug-likeness (QED) is 0.848. The zero-order valence-electron chi connectivity index (χ0n) is 12.4. The lowest BCUT2D eigenvalue weighted by molar-refractivity contribution is 0.413. The lowest BCUT2D eigenvalue weighted by Gasteiger charge is -2.25. The molecule has 1 aromatic rings. The Morgan fingerprint density at radius 2 is 2.10 bits per heavy atom. The van der Waals surface area contributed by atoms with Gasteiger partial charge in [0.2, 0.25) is 0 Å². The van der Waals surface area contributed by atoms with Gasteiger partial charge in [0, 0.05) is 10.9 Å². The molecule has 0 heterocycles. The van der Waals surface area contributed by atoms with Crippen molar-refractivity contribution in [3.63, 3.8) is 0 Å². The van der Waals surface area contributed by atoms with Crippen LogP contribution in [-0.4, -0.2) is 29.2 Å². The van der Waals surface area contributed by atoms with Crippen LogP contribution in [0, 0.1) is 0 Å². The van der Waals surface area contributed by atoms with Crippen LogP contribution >= 0.6 is 0 Å². The topological polar surface area (TPSA) is 38.3 Å². The molecule has 0 saturated heterocycles. The number of methoxy groups -OCH3 is 1. The third-order valence-electron chi connectivity index (χ3n) is 3.97. The molecule has 0 radical (unpaired) electrons. The molecule has 1 aromatic carbocycles. The van der Waals surface area contributed by atoms with Gasteiger partial charge in [0.1, 0.15) is 5.75 Å². The summed E-state index contributed by atoms with van der Waals surface area (Å²) in [6.07, 6.45) is 5.86. The van der Waals surface area contributed by atoms with Crippen LogP contribution in [0.2, 0.25) is 0 Å². The highest BCUT2D eigenvalue weighted by atomic mass is 32.2. The fraction of sp³-hybridized carbons (Fsp3) is 0.625. The third kappa shape index (κ3) is 3.83. The molecule has 2 rings (SSSR count). The first kappa shape index (κ1) is 15.5. The predicted octanol–water partition coefficient (Wildman–Crippen LogP) is 3.11. The molecular weight excluding hydrogens is 270 g/mol. The SMILES string of the molecule is CCNC1CCCCCC1S(=O)c1cccc(OC)c1. The fourth-order valence-electron chi connectivity index (χ4n) is 2.93. The number of hydrogen-bond donors (Lipinski definition) is 1. The molecule has 4 heteroatoms. The first-order valence-corrected chi connectivity index (χ1v) is 8.75. The van der Waals surface area contributed by atoms with Gasteiger partial charge < -0.3 is 10.1 Å². The van der Waals surface area contributed by atoms with Gasteiger partial charge >= 0.3 is 0 Å². The molecule has 0 spiro atoms. The normalized spacial score (nSPS) is 24.9. The van der Waals surface area contributed by atoms with Crippen LogP contribution < -0.4 is 10.1 Å². The van der Waals surface area contributed by atoms with Crippen molar-refractivity contribution in [2.75, 3.05) is 13.7 Å². The predicted molar refractivity (Wildman–Crippen MR) is 83.7 cm³/mol. The van der Waals surface area contributed by atoms with E-state index in [-0.39, 0.29) is 5.25 Å². The maximum atomic E-state index is 12.9. The summed E-state index contributed by atoms with van der Waals surface area (Å²) >= 11 is 0. The number of hydrogen-bond acceptors (Lipinski definition) is 3. The van der Waals surface area contributed by atoms with Gasteiger partial charge in [-0.05, 0) is 37.6 Å². The van der Waals surface area contributed by atoms with Crippen LogP contribution in [0.4, 0.5) is 0 Å². The van der Waals surface area contributed by atoms with Crippen LogP contribution in [0.25, 0.3) is 0 Å². The van der Waals surface area contributed by atoms with E-state index in [1.165, 1.54) is 19.3 Å². The first-order chi connectivity index (χ1) is 9.76. The Balaban J connectivity index is 2.18. The Morgan fingerprint density at radius 3 is 2.85 bits per heavy atom. The summed E-state index contributed by atoms with van der Waals surface area (Å²) in [5.74, 6) is 0.782. The third-order valence-corrected chi connectivity index (χ3v) is 5.80. The average Bonchev–Trinajstić information content (AvgIpc) is 2.72. The van der Waals surface area contributed by atoms with Crippen LogP contribution in [-0.2, 0) is 10.8 Å². The van der Waals surface area contributed by atoms with Crippen LogP contribution in [0.15, 0.2) is 29.2 Å². The number of rotatable bonds is 5. The highest BCUT2D eigenvalue weighted by molar-refractivity contribution is 7.85. The van der Waals surface area contributed by atoms with Crippen LogP contribution in [0.5, 0.6) is 5.75 Å². The molecule has 1 N–H and O–H groups in total. The highest BCUT2D eigenvalue weighted by Gasteiger charge is 2.28. The minimum absolute atomic E-state index is 0.213. The van der Waals surface area contributed by atoms with E-state index in [0.717, 1.165) is 30.0 Å². The summed E-state index contributed by atoms with van der Waals surface area (Å²) in [6.45, 7) is 3.06. The maximum absolute atomic E-state index is 12.9. The van der Waals surface area contributed by atoms with E-state index in [9.17, 15) is 4.21 Å². The molecule has 3 atom stereocenters. The van der Waals surface area contributed by atoms with E-state index < -0.39 is 10.8 Å². The molecule has 1 fully saturated rings. The molecule has 1 saturated carbocycles. The maximum Gasteiger partial charge on any atom is 0.120 e. The van der Waals surface area contributed by atoms with Crippen molar-refractivity contribution < 1.29 is 8.95 Å². The van der Waals surface area contributed by atoms with Crippen molar-refractivity contribution in [3.05, 3.63) is 24.3 Å². The molecule has 1 aliphatic rings. The van der Waals surface area contributed by atoms with E-state index in [1.807, 2.05) is 24.3 Å². The van der Waals surface area contributed by atoms with Gasteiger partial charge in [0.25, 0.3) is 0 Å². The minimum atomic E-state index is -0.967. The number of benzene rings is 1. The molecule has 20 heavy (non-hydrogen) atoms. The second-order valence-corrected chi connectivity index (χ2v) is 6.99. The van der Waals surface area contributed by atoms with Crippen LogP contribution in [0.3, 0.4) is 0 Å². The van der Waals surface area contributed by atoms with Crippen molar-refractivity contribution in [1.29, 1.82) is 0 Å². The summed E-state index contributed by atoms with van der Waals surface area (Å²) in [5, 5.41) is 3.74. The zero-order chi connectivity index (χ0) is 14.4. The molecule has 3 nitrogen and oxygen atoms in total. The van der Waals surface area contributed by atoms with Crippen molar-refractivity contribution in [2.45, 2.75) is 55.2 Å². The fourth-order valence-corrected chi connectivity index (χ4v) is 4.63. The van der Waals surface area contributed by atoms with Crippen LogP contribution in [0.1, 0.15) is 39.0 Å². The van der Waals surface area contributed by atoms with Crippen molar-refractivity contribution in [2.24, 2.45) is 0 Å². The van der Waals surface area contributed by atoms with Crippen molar-refractivity contribution >= 4 is 10.8 Å². The Kier molecular flexibility index (Phi) is 6.05. The van der Waals surface area contributed by atoms with Gasteiger partial charge in [-0.3, -0.25) is 4.21 Å². The van der Waals surface area contributed by atoms with Gasteiger partial charge in [-0.25, -0.2) is 0 Å². The molecule has 0 bridgehead atoms. The Labute approximate surface area is 124 Å². The summed E-state index contributed by atoms with van der Waals surface area (Å²) in [4.78, 5) is 0.888. The molecular formula is C16H25NO2S.